The number of hydrogen-bond donors (Lipinski definition) is 0. The van der Waals surface area contributed by atoms with E-state index in [4.69, 9.17) is 9.47 Å². The van der Waals surface area contributed by atoms with E-state index >= 15 is 0 Å². The van der Waals surface area contributed by atoms with Gasteiger partial charge in [-0.3, -0.25) is 10.1 Å². The standard InChI is InChI=1S/C9H6NO6.Na/c11-4-14-3-6-1-8-9(16-5-15-8)2-7(6)10(12)13;/h1-2H,3,5H2;/q-1;+1. The summed E-state index contributed by atoms with van der Waals surface area (Å²) in [4.78, 5) is 20.1. The van der Waals surface area contributed by atoms with Crippen molar-refractivity contribution in [2.45, 2.75) is 6.61 Å². The van der Waals surface area contributed by atoms with E-state index in [0.29, 0.717) is 11.5 Å². The van der Waals surface area contributed by atoms with Crippen molar-refractivity contribution < 1.29 is 53.5 Å². The molecule has 0 N–H and O–H groups in total. The quantitative estimate of drug-likeness (QED) is 0.262. The molecule has 17 heavy (non-hydrogen) atoms. The topological polar surface area (TPSA) is 87.9 Å². The van der Waals surface area contributed by atoms with Crippen LogP contribution in [-0.4, -0.2) is 18.2 Å². The zero-order chi connectivity index (χ0) is 11.5. The van der Waals surface area contributed by atoms with Crippen molar-refractivity contribution in [3.05, 3.63) is 27.8 Å². The zero-order valence-corrected chi connectivity index (χ0v) is 11.0. The molecule has 8 heteroatoms. The molecule has 1 aromatic rings. The predicted molar refractivity (Wildman–Crippen MR) is 49.7 cm³/mol. The van der Waals surface area contributed by atoms with E-state index in [1.165, 1.54) is 18.6 Å². The number of nitro benzene ring substituents is 1. The Balaban J connectivity index is 0.00000144. The Morgan fingerprint density at radius 2 is 2.06 bits per heavy atom. The normalized spacial score (nSPS) is 11.5. The molecule has 0 spiro atoms. The van der Waals surface area contributed by atoms with Gasteiger partial charge in [0.15, 0.2) is 11.5 Å². The molecule has 0 amide bonds. The van der Waals surface area contributed by atoms with Gasteiger partial charge >= 0.3 is 29.6 Å². The van der Waals surface area contributed by atoms with Crippen LogP contribution in [0, 0.1) is 10.1 Å². The first-order valence-corrected chi connectivity index (χ1v) is 4.28. The number of nitrogens with zero attached hydrogens (tertiary/aromatic N) is 1. The van der Waals surface area contributed by atoms with Crippen molar-refractivity contribution in [1.82, 2.24) is 0 Å². The van der Waals surface area contributed by atoms with Crippen LogP contribution >= 0.6 is 0 Å². The van der Waals surface area contributed by atoms with E-state index in [2.05, 4.69) is 4.74 Å². The molecule has 0 saturated heterocycles. The molecule has 0 fully saturated rings. The van der Waals surface area contributed by atoms with Gasteiger partial charge in [-0.1, -0.05) is 6.47 Å². The van der Waals surface area contributed by atoms with Gasteiger partial charge in [-0.2, -0.15) is 0 Å². The van der Waals surface area contributed by atoms with Crippen LogP contribution in [-0.2, 0) is 16.1 Å². The molecule has 0 atom stereocenters. The maximum absolute atomic E-state index is 10.7. The number of benzene rings is 1. The molecule has 1 aliphatic rings. The number of carbonyl (C=O) groups excluding carboxylic acids is 1. The smallest absolute Gasteiger partial charge is 0.649 e. The van der Waals surface area contributed by atoms with Crippen molar-refractivity contribution in [2.24, 2.45) is 0 Å². The monoisotopic (exact) mass is 247 g/mol. The Hall–Kier alpha value is -1.31. The predicted octanol–water partition coefficient (Wildman–Crippen LogP) is -2.09. The van der Waals surface area contributed by atoms with Crippen LogP contribution in [0.2, 0.25) is 0 Å². The molecule has 2 rings (SSSR count). The van der Waals surface area contributed by atoms with Crippen molar-refractivity contribution >= 4 is 12.2 Å². The first kappa shape index (κ1) is 13.8. The summed E-state index contributed by atoms with van der Waals surface area (Å²) in [5, 5.41) is 10.7. The summed E-state index contributed by atoms with van der Waals surface area (Å²) in [6.07, 6.45) is 0. The van der Waals surface area contributed by atoms with Crippen LogP contribution in [0.1, 0.15) is 5.56 Å². The number of fused-ring (bicyclic) bond motifs is 1. The molecule has 84 valence electrons. The first-order valence-electron chi connectivity index (χ1n) is 4.28. The van der Waals surface area contributed by atoms with E-state index in [9.17, 15) is 14.9 Å². The molecule has 0 bridgehead atoms. The Morgan fingerprint density at radius 3 is 2.65 bits per heavy atom. The van der Waals surface area contributed by atoms with Crippen molar-refractivity contribution in [3.63, 3.8) is 0 Å². The third kappa shape index (κ3) is 2.87. The molecule has 0 unspecified atom stereocenters. The molecule has 1 heterocycles. The summed E-state index contributed by atoms with van der Waals surface area (Å²) < 4.78 is 14.4. The number of ether oxygens (including phenoxy) is 3. The molecule has 0 saturated carbocycles. The fourth-order valence-corrected chi connectivity index (χ4v) is 1.37. The molecular formula is C9H6NNaO6. The van der Waals surface area contributed by atoms with Gasteiger partial charge in [-0.25, -0.2) is 0 Å². The van der Waals surface area contributed by atoms with E-state index in [-0.39, 0.29) is 54.2 Å². The fraction of sp³-hybridized carbons (Fsp3) is 0.222. The molecule has 0 aliphatic carbocycles. The fourth-order valence-electron chi connectivity index (χ4n) is 1.37. The third-order valence-electron chi connectivity index (χ3n) is 2.06. The molecular weight excluding hydrogens is 241 g/mol. The van der Waals surface area contributed by atoms with Crippen LogP contribution in [0.5, 0.6) is 11.5 Å². The van der Waals surface area contributed by atoms with Crippen LogP contribution in [0.25, 0.3) is 0 Å². The average Bonchev–Trinajstić information content (AvgIpc) is 2.71. The van der Waals surface area contributed by atoms with E-state index in [1.54, 1.807) is 0 Å². The average molecular weight is 247 g/mol. The van der Waals surface area contributed by atoms with E-state index in [0.717, 1.165) is 0 Å². The van der Waals surface area contributed by atoms with Gasteiger partial charge in [0.1, 0.15) is 0 Å². The van der Waals surface area contributed by atoms with Crippen LogP contribution in [0.4, 0.5) is 5.69 Å². The summed E-state index contributed by atoms with van der Waals surface area (Å²) in [6, 6.07) is 2.66. The number of rotatable bonds is 4. The van der Waals surface area contributed by atoms with Gasteiger partial charge in [0.05, 0.1) is 23.2 Å². The van der Waals surface area contributed by atoms with Gasteiger partial charge in [0.2, 0.25) is 6.79 Å². The number of hydrogen-bond acceptors (Lipinski definition) is 6. The Bertz CT molecular complexity index is 449. The number of nitro groups is 1. The molecule has 7 nitrogen and oxygen atoms in total. The Labute approximate surface area is 118 Å². The summed E-state index contributed by atoms with van der Waals surface area (Å²) >= 11 is 0. The van der Waals surface area contributed by atoms with Crippen molar-refractivity contribution in [1.29, 1.82) is 0 Å². The molecule has 1 aliphatic heterocycles. The maximum Gasteiger partial charge on any atom is 1.00 e. The van der Waals surface area contributed by atoms with Crippen molar-refractivity contribution in [3.8, 4) is 11.5 Å². The molecule has 1 aromatic carbocycles. The summed E-state index contributed by atoms with van der Waals surface area (Å²) in [5.41, 5.74) is 0.0529. The summed E-state index contributed by atoms with van der Waals surface area (Å²) in [5.74, 6) is 0.709. The van der Waals surface area contributed by atoms with Crippen LogP contribution < -0.4 is 39.0 Å². The molecule has 0 radical (unpaired) electrons. The van der Waals surface area contributed by atoms with Gasteiger partial charge < -0.3 is 19.0 Å². The first-order chi connectivity index (χ1) is 7.72. The van der Waals surface area contributed by atoms with Gasteiger partial charge in [-0.05, 0) is 6.07 Å². The second kappa shape index (κ2) is 5.85. The summed E-state index contributed by atoms with van der Waals surface area (Å²) in [7, 11) is 0. The second-order valence-electron chi connectivity index (χ2n) is 2.96. The van der Waals surface area contributed by atoms with Crippen molar-refractivity contribution in [2.75, 3.05) is 6.79 Å². The minimum absolute atomic E-state index is 0. The van der Waals surface area contributed by atoms with E-state index < -0.39 is 4.92 Å². The molecule has 0 aromatic heterocycles. The van der Waals surface area contributed by atoms with Crippen LogP contribution in [0.15, 0.2) is 12.1 Å². The second-order valence-corrected chi connectivity index (χ2v) is 2.96. The third-order valence-corrected chi connectivity index (χ3v) is 2.06. The van der Waals surface area contributed by atoms with Crippen LogP contribution in [0.3, 0.4) is 0 Å². The van der Waals surface area contributed by atoms with E-state index in [1.807, 2.05) is 0 Å². The minimum atomic E-state index is -0.578. The SMILES string of the molecule is O=[C-]OCc1cc2c(cc1[N+](=O)[O-])OCO2.[Na+]. The van der Waals surface area contributed by atoms with Gasteiger partial charge in [0, 0.05) is 0 Å². The van der Waals surface area contributed by atoms with Gasteiger partial charge in [-0.15, -0.1) is 0 Å². The Morgan fingerprint density at radius 1 is 1.41 bits per heavy atom. The Kier molecular flexibility index (Phi) is 4.73. The minimum Gasteiger partial charge on any atom is -0.649 e. The maximum atomic E-state index is 10.7. The van der Waals surface area contributed by atoms with Gasteiger partial charge in [0.25, 0.3) is 5.69 Å². The zero-order valence-electron chi connectivity index (χ0n) is 8.97. The largest absolute Gasteiger partial charge is 1.00 e. The summed E-state index contributed by atoms with van der Waals surface area (Å²) in [6.45, 7) is 1.00.